The molecule has 1 aliphatic heterocycles. The maximum atomic E-state index is 5.27. The van der Waals surface area contributed by atoms with E-state index in [4.69, 9.17) is 9.98 Å². The van der Waals surface area contributed by atoms with E-state index in [1.807, 2.05) is 0 Å². The summed E-state index contributed by atoms with van der Waals surface area (Å²) in [6.07, 6.45) is 7.44. The van der Waals surface area contributed by atoms with Crippen molar-refractivity contribution in [1.82, 2.24) is 9.88 Å². The van der Waals surface area contributed by atoms with Crippen LogP contribution in [0.2, 0.25) is 0 Å². The monoisotopic (exact) mass is 678 g/mol. The molecule has 4 nitrogen and oxygen atoms in total. The first-order valence-corrected chi connectivity index (χ1v) is 18.4. The number of hydrogen-bond acceptors (Lipinski definition) is 3. The lowest BCUT2D eigenvalue weighted by Crippen LogP contribution is -2.38. The molecule has 2 heterocycles. The zero-order valence-electron chi connectivity index (χ0n) is 28.9. The summed E-state index contributed by atoms with van der Waals surface area (Å²) in [5.41, 5.74) is 5.72. The van der Waals surface area contributed by atoms with Gasteiger partial charge in [0, 0.05) is 21.9 Å². The number of aromatic nitrogens is 1. The molecular weight excluding hydrogens is 645 g/mol. The maximum absolute atomic E-state index is 5.27. The smallest absolute Gasteiger partial charge is 0.169 e. The highest BCUT2D eigenvalue weighted by molar-refractivity contribution is 6.28. The van der Waals surface area contributed by atoms with Crippen LogP contribution in [-0.4, -0.2) is 22.4 Å². The zero-order valence-corrected chi connectivity index (χ0v) is 28.9. The molecule has 0 spiro atoms. The lowest BCUT2D eigenvalue weighted by molar-refractivity contribution is 0.637. The number of amidine groups is 2. The highest BCUT2D eigenvalue weighted by Crippen LogP contribution is 2.42. The van der Waals surface area contributed by atoms with Crippen LogP contribution in [0.1, 0.15) is 23.6 Å². The van der Waals surface area contributed by atoms with E-state index in [0.29, 0.717) is 0 Å². The Kier molecular flexibility index (Phi) is 6.71. The molecule has 9 aromatic rings. The number of nitrogens with zero attached hydrogens (tertiary/aromatic N) is 3. The van der Waals surface area contributed by atoms with Gasteiger partial charge in [0.1, 0.15) is 11.7 Å². The van der Waals surface area contributed by atoms with Crippen LogP contribution in [0, 0.1) is 0 Å². The number of benzene rings is 8. The van der Waals surface area contributed by atoms with Crippen molar-refractivity contribution in [3.8, 4) is 0 Å². The third kappa shape index (κ3) is 4.91. The molecule has 0 fully saturated rings. The van der Waals surface area contributed by atoms with Crippen molar-refractivity contribution in [3.05, 3.63) is 193 Å². The molecular formula is C49H34N4. The predicted molar refractivity (Wildman–Crippen MR) is 223 cm³/mol. The first-order valence-electron chi connectivity index (χ1n) is 18.4. The Morgan fingerprint density at radius 2 is 0.962 bits per heavy atom. The predicted octanol–water partition coefficient (Wildman–Crippen LogP) is 11.7. The van der Waals surface area contributed by atoms with Crippen molar-refractivity contribution in [3.63, 3.8) is 0 Å². The molecule has 0 saturated carbocycles. The number of allylic oxidation sites excluding steroid dienone is 2. The molecule has 1 aliphatic carbocycles. The molecule has 8 aromatic carbocycles. The van der Waals surface area contributed by atoms with Gasteiger partial charge in [-0.2, -0.15) is 0 Å². The van der Waals surface area contributed by atoms with Crippen molar-refractivity contribution < 1.29 is 0 Å². The summed E-state index contributed by atoms with van der Waals surface area (Å²) in [6.45, 7) is 0. The van der Waals surface area contributed by atoms with E-state index in [-0.39, 0.29) is 12.2 Å². The van der Waals surface area contributed by atoms with E-state index in [2.05, 4.69) is 186 Å². The van der Waals surface area contributed by atoms with Crippen LogP contribution in [0.3, 0.4) is 0 Å². The van der Waals surface area contributed by atoms with Crippen molar-refractivity contribution >= 4 is 76.6 Å². The van der Waals surface area contributed by atoms with Crippen LogP contribution in [0.15, 0.2) is 192 Å². The first kappa shape index (κ1) is 29.9. The highest BCUT2D eigenvalue weighted by atomic mass is 15.2. The third-order valence-electron chi connectivity index (χ3n) is 11.1. The lowest BCUT2D eigenvalue weighted by atomic mass is 9.99. The topological polar surface area (TPSA) is 41.7 Å². The van der Waals surface area contributed by atoms with E-state index in [9.17, 15) is 0 Å². The van der Waals surface area contributed by atoms with Crippen molar-refractivity contribution in [2.75, 3.05) is 0 Å². The molecule has 0 amide bonds. The Hall–Kier alpha value is -6.78. The number of aliphatic imine (C=N–C) groups is 2. The van der Waals surface area contributed by atoms with Gasteiger partial charge in [-0.15, -0.1) is 0 Å². The summed E-state index contributed by atoms with van der Waals surface area (Å²) in [4.78, 5) is 10.5. The van der Waals surface area contributed by atoms with Crippen LogP contribution in [0.4, 0.5) is 0 Å². The van der Waals surface area contributed by atoms with E-state index in [1.165, 1.54) is 64.9 Å². The Balaban J connectivity index is 1.02. The quantitative estimate of drug-likeness (QED) is 0.198. The SMILES string of the molecule is C1=CC(n2c3ccc4ccccc4c3c3c4ccccc4ccc32)CC=C1C1N=C(c2ccc3ccccc3c2)NC(c2ccc3ccccc3c2)=N1. The molecule has 250 valence electrons. The van der Waals surface area contributed by atoms with E-state index in [1.54, 1.807) is 0 Å². The Morgan fingerprint density at radius 1 is 0.491 bits per heavy atom. The molecule has 1 unspecified atom stereocenters. The molecule has 53 heavy (non-hydrogen) atoms. The zero-order chi connectivity index (χ0) is 34.9. The minimum absolute atomic E-state index is 0.149. The number of rotatable bonds is 4. The van der Waals surface area contributed by atoms with Crippen LogP contribution >= 0.6 is 0 Å². The second-order valence-electron chi connectivity index (χ2n) is 14.2. The van der Waals surface area contributed by atoms with Gasteiger partial charge in [-0.05, 0) is 79.3 Å². The van der Waals surface area contributed by atoms with Gasteiger partial charge in [-0.1, -0.05) is 152 Å². The Labute approximate surface area is 306 Å². The van der Waals surface area contributed by atoms with Gasteiger partial charge in [-0.3, -0.25) is 0 Å². The lowest BCUT2D eigenvalue weighted by Gasteiger charge is -2.26. The fraction of sp³-hybridized carbons (Fsp3) is 0.0612. The molecule has 1 N–H and O–H groups in total. The summed E-state index contributed by atoms with van der Waals surface area (Å²) < 4.78 is 2.54. The average Bonchev–Trinajstić information content (AvgIpc) is 3.58. The van der Waals surface area contributed by atoms with Gasteiger partial charge in [0.2, 0.25) is 0 Å². The van der Waals surface area contributed by atoms with Crippen LogP contribution < -0.4 is 5.32 Å². The van der Waals surface area contributed by atoms with Crippen molar-refractivity contribution in [2.45, 2.75) is 18.6 Å². The van der Waals surface area contributed by atoms with Gasteiger partial charge < -0.3 is 9.88 Å². The van der Waals surface area contributed by atoms with Crippen LogP contribution in [0.5, 0.6) is 0 Å². The van der Waals surface area contributed by atoms with Gasteiger partial charge in [0.25, 0.3) is 0 Å². The number of hydrogen-bond donors (Lipinski definition) is 1. The molecule has 11 rings (SSSR count). The fourth-order valence-corrected chi connectivity index (χ4v) is 8.51. The second kappa shape index (κ2) is 11.9. The molecule has 4 heteroatoms. The summed E-state index contributed by atoms with van der Waals surface area (Å²) in [5, 5.41) is 16.2. The van der Waals surface area contributed by atoms with Gasteiger partial charge >= 0.3 is 0 Å². The highest BCUT2D eigenvalue weighted by Gasteiger charge is 2.25. The number of fused-ring (bicyclic) bond motifs is 9. The second-order valence-corrected chi connectivity index (χ2v) is 14.2. The number of nitrogens with one attached hydrogen (secondary N) is 1. The van der Waals surface area contributed by atoms with E-state index >= 15 is 0 Å². The molecule has 0 saturated heterocycles. The standard InChI is InChI=1S/C49H34N4/c1-3-13-36-29-38(19-17-31(36)9-1)48-50-47(51-49(52-48)39-20-18-32-10-2-4-14-37(32)30-39)35-21-25-40(26-22-35)53-43-27-23-33-11-5-7-15-41(33)45(43)46-42-16-8-6-12-34(42)24-28-44(46)53/h1-25,27-30,40,47H,26H2,(H,50,51,52). The van der Waals surface area contributed by atoms with Crippen molar-refractivity contribution in [1.29, 1.82) is 0 Å². The van der Waals surface area contributed by atoms with Crippen molar-refractivity contribution in [2.24, 2.45) is 9.98 Å². The summed E-state index contributed by atoms with van der Waals surface area (Å²) in [6, 6.07) is 56.9. The minimum atomic E-state index is -0.373. The Morgan fingerprint density at radius 3 is 1.47 bits per heavy atom. The summed E-state index contributed by atoms with van der Waals surface area (Å²) in [5.74, 6) is 1.66. The normalized spacial score (nSPS) is 16.4. The fourth-order valence-electron chi connectivity index (χ4n) is 8.51. The molecule has 2 aliphatic rings. The van der Waals surface area contributed by atoms with Crippen LogP contribution in [-0.2, 0) is 0 Å². The van der Waals surface area contributed by atoms with E-state index < -0.39 is 0 Å². The average molecular weight is 679 g/mol. The molecule has 0 bridgehead atoms. The van der Waals surface area contributed by atoms with Gasteiger partial charge in [0.15, 0.2) is 6.17 Å². The summed E-state index contributed by atoms with van der Waals surface area (Å²) in [7, 11) is 0. The third-order valence-corrected chi connectivity index (χ3v) is 11.1. The molecule has 0 radical (unpaired) electrons. The van der Waals surface area contributed by atoms with E-state index in [0.717, 1.165) is 34.8 Å². The summed E-state index contributed by atoms with van der Waals surface area (Å²) >= 11 is 0. The first-order chi connectivity index (χ1) is 26.2. The van der Waals surface area contributed by atoms with Crippen LogP contribution in [0.25, 0.3) is 64.9 Å². The largest absolute Gasteiger partial charge is 0.333 e. The minimum Gasteiger partial charge on any atom is -0.333 e. The van der Waals surface area contributed by atoms with Gasteiger partial charge in [-0.25, -0.2) is 9.98 Å². The van der Waals surface area contributed by atoms with Gasteiger partial charge in [0.05, 0.1) is 17.1 Å². The molecule has 1 aromatic heterocycles. The molecule has 1 atom stereocenters. The maximum Gasteiger partial charge on any atom is 0.169 e. The Bertz CT molecular complexity index is 2900.